The molecule has 2 aromatic carbocycles. The third-order valence-electron chi connectivity index (χ3n) is 4.92. The van der Waals surface area contributed by atoms with Crippen molar-refractivity contribution in [2.45, 2.75) is 27.3 Å². The third-order valence-corrected chi connectivity index (χ3v) is 8.92. The average Bonchev–Trinajstić information content (AvgIpc) is 3.33. The number of anilines is 2. The van der Waals surface area contributed by atoms with E-state index in [1.165, 1.54) is 54.4 Å². The zero-order chi connectivity index (χ0) is 26.5. The van der Waals surface area contributed by atoms with Crippen LogP contribution in [0.25, 0.3) is 10.9 Å². The molecule has 0 bridgehead atoms. The Morgan fingerprint density at radius 2 is 1.89 bits per heavy atom. The second-order valence-electron chi connectivity index (χ2n) is 7.57. The molecule has 0 saturated carbocycles. The Kier molecular flexibility index (Phi) is 9.19. The minimum Gasteiger partial charge on any atom is -0.468 e. The summed E-state index contributed by atoms with van der Waals surface area (Å²) in [6, 6.07) is 7.89. The Morgan fingerprint density at radius 3 is 2.68 bits per heavy atom. The van der Waals surface area contributed by atoms with Gasteiger partial charge in [0.15, 0.2) is 8.68 Å². The fourth-order valence-corrected chi connectivity index (χ4v) is 6.51. The number of nitrogens with one attached hydrogen (secondary N) is 1. The third kappa shape index (κ3) is 7.08. The molecule has 14 heteroatoms. The maximum atomic E-state index is 14.4. The Hall–Kier alpha value is -2.51. The Labute approximate surface area is 233 Å². The highest BCUT2D eigenvalue weighted by Gasteiger charge is 2.18. The van der Waals surface area contributed by atoms with Crippen LogP contribution in [0.3, 0.4) is 0 Å². The normalized spacial score (nSPS) is 11.9. The summed E-state index contributed by atoms with van der Waals surface area (Å²) in [6.45, 7) is 1.73. The van der Waals surface area contributed by atoms with Gasteiger partial charge >= 0.3 is 5.97 Å². The summed E-state index contributed by atoms with van der Waals surface area (Å²) in [5, 5.41) is 11.6. The number of hydrogen-bond acceptors (Lipinski definition) is 11. The zero-order valence-corrected chi connectivity index (χ0v) is 23.3. The second-order valence-corrected chi connectivity index (χ2v) is 12.2. The summed E-state index contributed by atoms with van der Waals surface area (Å²) in [5.41, 5.74) is 1.50. The van der Waals surface area contributed by atoms with Crippen LogP contribution in [0.1, 0.15) is 12.5 Å². The van der Waals surface area contributed by atoms with Gasteiger partial charge in [-0.2, -0.15) is 0 Å². The first-order chi connectivity index (χ1) is 17.7. The van der Waals surface area contributed by atoms with Crippen LogP contribution in [0.4, 0.5) is 15.9 Å². The highest BCUT2D eigenvalue weighted by atomic mass is 35.5. The van der Waals surface area contributed by atoms with Gasteiger partial charge in [-0.15, -0.1) is 10.2 Å². The number of ketones is 1. The van der Waals surface area contributed by atoms with Gasteiger partial charge in [-0.05, 0) is 36.8 Å². The fourth-order valence-electron chi connectivity index (χ4n) is 3.15. The summed E-state index contributed by atoms with van der Waals surface area (Å²) in [6.07, 6.45) is 1.54. The van der Waals surface area contributed by atoms with Gasteiger partial charge in [0.25, 0.3) is 0 Å². The first kappa shape index (κ1) is 27.5. The predicted molar refractivity (Wildman–Crippen MR) is 146 cm³/mol. The van der Waals surface area contributed by atoms with Crippen molar-refractivity contribution in [3.05, 3.63) is 58.1 Å². The lowest BCUT2D eigenvalue weighted by molar-refractivity contribution is -0.139. The summed E-state index contributed by atoms with van der Waals surface area (Å²) < 4.78 is 20.4. The molecule has 0 spiro atoms. The highest BCUT2D eigenvalue weighted by Crippen LogP contribution is 2.33. The van der Waals surface area contributed by atoms with E-state index in [1.807, 2.05) is 6.07 Å². The number of thioether (sulfide) groups is 2. The lowest BCUT2D eigenvalue weighted by atomic mass is 10.1. The molecule has 4 aromatic rings. The van der Waals surface area contributed by atoms with Crippen molar-refractivity contribution in [3.8, 4) is 0 Å². The van der Waals surface area contributed by atoms with Gasteiger partial charge in [0.1, 0.15) is 29.0 Å². The maximum Gasteiger partial charge on any atom is 0.318 e. The number of methoxy groups -OCH3 is 1. The minimum atomic E-state index is -0.581. The highest BCUT2D eigenvalue weighted by molar-refractivity contribution is 8.04. The molecule has 4 rings (SSSR count). The Balaban J connectivity index is 1.42. The van der Waals surface area contributed by atoms with E-state index in [1.54, 1.807) is 19.1 Å². The molecule has 0 saturated heterocycles. The van der Waals surface area contributed by atoms with Gasteiger partial charge in [-0.25, -0.2) is 14.4 Å². The number of benzene rings is 2. The lowest BCUT2D eigenvalue weighted by Gasteiger charge is -2.11. The van der Waals surface area contributed by atoms with E-state index in [-0.39, 0.29) is 39.7 Å². The van der Waals surface area contributed by atoms with Gasteiger partial charge in [0, 0.05) is 11.8 Å². The number of aromatic nitrogens is 4. The number of ether oxygens (including phenoxy) is 1. The average molecular weight is 599 g/mol. The number of fused-ring (bicyclic) bond motifs is 1. The van der Waals surface area contributed by atoms with E-state index in [2.05, 4.69) is 25.5 Å². The van der Waals surface area contributed by atoms with E-state index in [0.29, 0.717) is 25.4 Å². The molecule has 2 aromatic heterocycles. The molecular formula is C23H18Cl2FN5O3S3. The molecular weight excluding hydrogens is 580 g/mol. The number of halogens is 3. The monoisotopic (exact) mass is 597 g/mol. The molecule has 0 aliphatic heterocycles. The number of carbonyl (C=O) groups is 2. The van der Waals surface area contributed by atoms with Crippen molar-refractivity contribution in [2.24, 2.45) is 0 Å². The molecule has 0 radical (unpaired) electrons. The lowest BCUT2D eigenvalue weighted by Crippen LogP contribution is -2.14. The summed E-state index contributed by atoms with van der Waals surface area (Å²) in [5.74, 6) is -0.368. The van der Waals surface area contributed by atoms with Crippen molar-refractivity contribution in [1.29, 1.82) is 0 Å². The van der Waals surface area contributed by atoms with Crippen LogP contribution in [0.15, 0.2) is 45.3 Å². The van der Waals surface area contributed by atoms with Crippen molar-refractivity contribution in [1.82, 2.24) is 20.2 Å². The molecule has 192 valence electrons. The largest absolute Gasteiger partial charge is 0.468 e. The van der Waals surface area contributed by atoms with Gasteiger partial charge in [0.2, 0.25) is 0 Å². The molecule has 37 heavy (non-hydrogen) atoms. The van der Waals surface area contributed by atoms with Gasteiger partial charge in [0.05, 0.1) is 34.1 Å². The fraction of sp³-hybridized carbons (Fsp3) is 0.217. The quantitative estimate of drug-likeness (QED) is 0.128. The molecule has 2 heterocycles. The van der Waals surface area contributed by atoms with E-state index in [9.17, 15) is 14.0 Å². The smallest absolute Gasteiger partial charge is 0.318 e. The number of carbonyl (C=O) groups excluding carboxylic acids is 2. The molecule has 1 atom stereocenters. The van der Waals surface area contributed by atoms with Gasteiger partial charge in [-0.1, -0.05) is 64.1 Å². The number of esters is 1. The van der Waals surface area contributed by atoms with E-state index < -0.39 is 11.1 Å². The van der Waals surface area contributed by atoms with Crippen molar-refractivity contribution < 1.29 is 18.7 Å². The van der Waals surface area contributed by atoms with Crippen LogP contribution in [0.2, 0.25) is 10.0 Å². The molecule has 0 aliphatic rings. The molecule has 1 unspecified atom stereocenters. The predicted octanol–water partition coefficient (Wildman–Crippen LogP) is 6.23. The summed E-state index contributed by atoms with van der Waals surface area (Å²) in [7, 11) is 1.34. The van der Waals surface area contributed by atoms with Crippen molar-refractivity contribution >= 4 is 92.2 Å². The Bertz CT molecular complexity index is 1470. The van der Waals surface area contributed by atoms with E-state index >= 15 is 0 Å². The molecule has 0 amide bonds. The number of hydrogen-bond donors (Lipinski definition) is 1. The van der Waals surface area contributed by atoms with E-state index in [4.69, 9.17) is 27.9 Å². The van der Waals surface area contributed by atoms with Gasteiger partial charge in [-0.3, -0.25) is 9.59 Å². The SMILES string of the molecule is COC(=O)C(C)Sc1nnc(SCC(=O)Cc2ccc3ncnc(Nc4cc(Cl)c(Cl)cc4F)c3c2)s1. The van der Waals surface area contributed by atoms with Gasteiger partial charge < -0.3 is 10.1 Å². The van der Waals surface area contributed by atoms with Crippen molar-refractivity contribution in [2.75, 3.05) is 18.2 Å². The number of rotatable bonds is 10. The van der Waals surface area contributed by atoms with Crippen LogP contribution in [-0.4, -0.2) is 50.0 Å². The standard InChI is InChI=1S/C23H18Cl2FN5O3S3/c1-11(21(33)34-2)36-23-31-30-22(37-23)35-9-13(32)5-12-3-4-18-14(6-12)20(28-10-27-18)29-19-8-16(25)15(24)7-17(19)26/h3-4,6-8,10-11H,5,9H2,1-2H3,(H,27,28,29). The molecule has 0 aliphatic carbocycles. The topological polar surface area (TPSA) is 107 Å². The molecule has 1 N–H and O–H groups in total. The van der Waals surface area contributed by atoms with Crippen LogP contribution in [0, 0.1) is 5.82 Å². The minimum absolute atomic E-state index is 0.0152. The first-order valence-electron chi connectivity index (χ1n) is 10.6. The van der Waals surface area contributed by atoms with Crippen LogP contribution in [-0.2, 0) is 20.7 Å². The molecule has 0 fully saturated rings. The number of nitrogens with zero attached hydrogens (tertiary/aromatic N) is 4. The zero-order valence-electron chi connectivity index (χ0n) is 19.3. The first-order valence-corrected chi connectivity index (χ1v) is 14.0. The number of Topliss-reactive ketones (excluding diaryl/α,β-unsaturated/α-hetero) is 1. The van der Waals surface area contributed by atoms with Crippen molar-refractivity contribution in [3.63, 3.8) is 0 Å². The summed E-state index contributed by atoms with van der Waals surface area (Å²) in [4.78, 5) is 32.7. The summed E-state index contributed by atoms with van der Waals surface area (Å²) >= 11 is 15.8. The van der Waals surface area contributed by atoms with E-state index in [0.717, 1.165) is 11.6 Å². The van der Waals surface area contributed by atoms with Crippen LogP contribution < -0.4 is 5.32 Å². The molecule has 8 nitrogen and oxygen atoms in total. The Morgan fingerprint density at radius 1 is 1.14 bits per heavy atom. The van der Waals surface area contributed by atoms with Crippen LogP contribution >= 0.6 is 58.1 Å². The maximum absolute atomic E-state index is 14.4. The second kappa shape index (κ2) is 12.4. The van der Waals surface area contributed by atoms with Crippen LogP contribution in [0.5, 0.6) is 0 Å².